The van der Waals surface area contributed by atoms with Crippen LogP contribution >= 0.6 is 0 Å². The van der Waals surface area contributed by atoms with Crippen LogP contribution in [0.1, 0.15) is 24.6 Å². The highest BCUT2D eigenvalue weighted by Gasteiger charge is 2.36. The van der Waals surface area contributed by atoms with E-state index in [0.29, 0.717) is 18.8 Å². The van der Waals surface area contributed by atoms with Crippen molar-refractivity contribution in [1.29, 1.82) is 5.26 Å². The molecule has 6 heteroatoms. The number of nitriles is 1. The normalized spacial score (nSPS) is 20.3. The summed E-state index contributed by atoms with van der Waals surface area (Å²) in [6.07, 6.45) is 3.39. The predicted molar refractivity (Wildman–Crippen MR) is 85.2 cm³/mol. The number of rotatable bonds is 4. The Morgan fingerprint density at radius 2 is 2.13 bits per heavy atom. The van der Waals surface area contributed by atoms with Crippen LogP contribution in [0.25, 0.3) is 0 Å². The van der Waals surface area contributed by atoms with Crippen molar-refractivity contribution in [2.75, 3.05) is 5.32 Å². The van der Waals surface area contributed by atoms with E-state index in [2.05, 4.69) is 15.3 Å². The average Bonchev–Trinajstić information content (AvgIpc) is 2.83. The third-order valence-corrected chi connectivity index (χ3v) is 4.07. The largest absolute Gasteiger partial charge is 0.363 e. The molecule has 6 nitrogen and oxygen atoms in total. The highest BCUT2D eigenvalue weighted by atomic mass is 16.2. The van der Waals surface area contributed by atoms with E-state index < -0.39 is 0 Å². The predicted octanol–water partition coefficient (Wildman–Crippen LogP) is 1.95. The zero-order valence-corrected chi connectivity index (χ0v) is 12.8. The first kappa shape index (κ1) is 15.0. The molecule has 2 aromatic rings. The first-order valence-corrected chi connectivity index (χ1v) is 7.49. The molecule has 1 aliphatic heterocycles. The van der Waals surface area contributed by atoms with Gasteiger partial charge in [0.25, 0.3) is 0 Å². The summed E-state index contributed by atoms with van der Waals surface area (Å²) in [5, 5.41) is 12.1. The van der Waals surface area contributed by atoms with Gasteiger partial charge in [-0.1, -0.05) is 30.3 Å². The highest BCUT2D eigenvalue weighted by Crippen LogP contribution is 2.24. The highest BCUT2D eigenvalue weighted by molar-refractivity contribution is 5.80. The molecule has 1 aromatic heterocycles. The Hall–Kier alpha value is -2.94. The lowest BCUT2D eigenvalue weighted by Gasteiger charge is -2.25. The third-order valence-electron chi connectivity index (χ3n) is 4.07. The molecule has 116 valence electrons. The summed E-state index contributed by atoms with van der Waals surface area (Å²) in [4.78, 5) is 22.3. The fourth-order valence-corrected chi connectivity index (χ4v) is 2.78. The van der Waals surface area contributed by atoms with E-state index in [0.717, 1.165) is 5.56 Å². The van der Waals surface area contributed by atoms with Gasteiger partial charge in [-0.25, -0.2) is 4.98 Å². The van der Waals surface area contributed by atoms with Crippen LogP contribution in [-0.4, -0.2) is 32.9 Å². The summed E-state index contributed by atoms with van der Waals surface area (Å²) < 4.78 is 0. The Balaban J connectivity index is 1.70. The second-order valence-corrected chi connectivity index (χ2v) is 5.60. The molecule has 1 saturated heterocycles. The van der Waals surface area contributed by atoms with E-state index in [1.807, 2.05) is 48.2 Å². The number of benzene rings is 1. The van der Waals surface area contributed by atoms with Gasteiger partial charge in [0.05, 0.1) is 18.4 Å². The van der Waals surface area contributed by atoms with E-state index in [1.165, 1.54) is 6.20 Å². The SMILES string of the molecule is C[C@H]1[C@@H](Nc2cncc(C#N)n2)CC(=O)N1Cc1ccccc1. The van der Waals surface area contributed by atoms with E-state index in [-0.39, 0.29) is 23.7 Å². The molecule has 1 aliphatic rings. The van der Waals surface area contributed by atoms with Crippen LogP contribution in [-0.2, 0) is 11.3 Å². The number of nitrogens with one attached hydrogen (secondary N) is 1. The standard InChI is InChI=1S/C17H17N5O/c1-12-15(21-16-10-19-9-14(8-18)20-16)7-17(23)22(12)11-13-5-3-2-4-6-13/h2-6,9-10,12,15H,7,11H2,1H3,(H,20,21)/t12-,15-/m0/s1. The molecule has 2 atom stereocenters. The molecule has 0 bridgehead atoms. The third kappa shape index (κ3) is 3.29. The Bertz CT molecular complexity index is 740. The smallest absolute Gasteiger partial charge is 0.225 e. The van der Waals surface area contributed by atoms with E-state index in [9.17, 15) is 4.79 Å². The van der Waals surface area contributed by atoms with Crippen molar-refractivity contribution >= 4 is 11.7 Å². The molecule has 1 fully saturated rings. The first-order valence-electron chi connectivity index (χ1n) is 7.49. The number of anilines is 1. The summed E-state index contributed by atoms with van der Waals surface area (Å²) in [7, 11) is 0. The van der Waals surface area contributed by atoms with Gasteiger partial charge in [-0.3, -0.25) is 9.78 Å². The molecule has 1 N–H and O–H groups in total. The van der Waals surface area contributed by atoms with E-state index >= 15 is 0 Å². The van der Waals surface area contributed by atoms with Gasteiger partial charge < -0.3 is 10.2 Å². The van der Waals surface area contributed by atoms with Gasteiger partial charge in [0.1, 0.15) is 11.9 Å². The second-order valence-electron chi connectivity index (χ2n) is 5.60. The van der Waals surface area contributed by atoms with Gasteiger partial charge in [-0.15, -0.1) is 0 Å². The van der Waals surface area contributed by atoms with Crippen LogP contribution in [0.5, 0.6) is 0 Å². The molecule has 1 aromatic carbocycles. The quantitative estimate of drug-likeness (QED) is 0.933. The van der Waals surface area contributed by atoms with Crippen molar-refractivity contribution in [2.45, 2.75) is 32.0 Å². The van der Waals surface area contributed by atoms with Crippen molar-refractivity contribution < 1.29 is 4.79 Å². The number of hydrogen-bond donors (Lipinski definition) is 1. The Labute approximate surface area is 134 Å². The summed E-state index contributed by atoms with van der Waals surface area (Å²) in [5.41, 5.74) is 1.37. The lowest BCUT2D eigenvalue weighted by atomic mass is 10.1. The van der Waals surface area contributed by atoms with Crippen molar-refractivity contribution in [3.8, 4) is 6.07 Å². The minimum atomic E-state index is -0.0468. The van der Waals surface area contributed by atoms with Gasteiger partial charge in [0, 0.05) is 19.0 Å². The van der Waals surface area contributed by atoms with Crippen molar-refractivity contribution in [3.63, 3.8) is 0 Å². The first-order chi connectivity index (χ1) is 11.2. The van der Waals surface area contributed by atoms with Gasteiger partial charge in [-0.05, 0) is 12.5 Å². The van der Waals surface area contributed by atoms with Crippen molar-refractivity contribution in [1.82, 2.24) is 14.9 Å². The lowest BCUT2D eigenvalue weighted by molar-refractivity contribution is -0.129. The maximum atomic E-state index is 12.3. The molecule has 1 amide bonds. The Morgan fingerprint density at radius 3 is 2.87 bits per heavy atom. The molecule has 0 spiro atoms. The summed E-state index contributed by atoms with van der Waals surface area (Å²) in [6.45, 7) is 2.62. The van der Waals surface area contributed by atoms with E-state index in [1.54, 1.807) is 6.20 Å². The Kier molecular flexibility index (Phi) is 4.20. The maximum absolute atomic E-state index is 12.3. The summed E-state index contributed by atoms with van der Waals surface area (Å²) >= 11 is 0. The molecular weight excluding hydrogens is 290 g/mol. The number of carbonyl (C=O) groups is 1. The summed E-state index contributed by atoms with van der Waals surface area (Å²) in [6, 6.07) is 11.9. The topological polar surface area (TPSA) is 81.9 Å². The number of amides is 1. The van der Waals surface area contributed by atoms with Crippen LogP contribution in [0, 0.1) is 11.3 Å². The molecular formula is C17H17N5O. The van der Waals surface area contributed by atoms with E-state index in [4.69, 9.17) is 5.26 Å². The molecule has 0 radical (unpaired) electrons. The number of aromatic nitrogens is 2. The molecule has 23 heavy (non-hydrogen) atoms. The molecule has 0 aliphatic carbocycles. The van der Waals surface area contributed by atoms with Crippen LogP contribution < -0.4 is 5.32 Å². The lowest BCUT2D eigenvalue weighted by Crippen LogP contribution is -2.37. The molecule has 2 heterocycles. The minimum absolute atomic E-state index is 0.0373. The number of nitrogens with zero attached hydrogens (tertiary/aromatic N) is 4. The minimum Gasteiger partial charge on any atom is -0.363 e. The fourth-order valence-electron chi connectivity index (χ4n) is 2.78. The second kappa shape index (κ2) is 6.44. The molecule has 0 unspecified atom stereocenters. The van der Waals surface area contributed by atoms with Crippen LogP contribution in [0.4, 0.5) is 5.82 Å². The van der Waals surface area contributed by atoms with Gasteiger partial charge >= 0.3 is 0 Å². The maximum Gasteiger partial charge on any atom is 0.225 e. The van der Waals surface area contributed by atoms with Crippen molar-refractivity contribution in [3.05, 3.63) is 54.0 Å². The number of hydrogen-bond acceptors (Lipinski definition) is 5. The van der Waals surface area contributed by atoms with Gasteiger partial charge in [0.2, 0.25) is 5.91 Å². The Morgan fingerprint density at radius 1 is 1.35 bits per heavy atom. The average molecular weight is 307 g/mol. The zero-order valence-electron chi connectivity index (χ0n) is 12.8. The molecule has 3 rings (SSSR count). The van der Waals surface area contributed by atoms with Crippen LogP contribution in [0.3, 0.4) is 0 Å². The number of likely N-dealkylation sites (tertiary alicyclic amines) is 1. The van der Waals surface area contributed by atoms with Crippen LogP contribution in [0.2, 0.25) is 0 Å². The van der Waals surface area contributed by atoms with Gasteiger partial charge in [-0.2, -0.15) is 5.26 Å². The van der Waals surface area contributed by atoms with Crippen LogP contribution in [0.15, 0.2) is 42.7 Å². The van der Waals surface area contributed by atoms with Gasteiger partial charge in [0.15, 0.2) is 5.69 Å². The monoisotopic (exact) mass is 307 g/mol. The number of carbonyl (C=O) groups excluding carboxylic acids is 1. The van der Waals surface area contributed by atoms with Crippen molar-refractivity contribution in [2.24, 2.45) is 0 Å². The fraction of sp³-hybridized carbons (Fsp3) is 0.294. The summed E-state index contributed by atoms with van der Waals surface area (Å²) in [5.74, 6) is 0.638. The zero-order chi connectivity index (χ0) is 16.2. The molecule has 0 saturated carbocycles.